The fourth-order valence-electron chi connectivity index (χ4n) is 6.89. The van der Waals surface area contributed by atoms with Crippen molar-refractivity contribution in [3.63, 3.8) is 0 Å². The van der Waals surface area contributed by atoms with E-state index in [1.807, 2.05) is 0 Å². The third-order valence-corrected chi connectivity index (χ3v) is 12.1. The molecular formula is C47H82O16P2. The first kappa shape index (κ1) is 60.7. The summed E-state index contributed by atoms with van der Waals surface area (Å²) in [5, 5.41) is 41.2. The zero-order valence-electron chi connectivity index (χ0n) is 38.9. The highest BCUT2D eigenvalue weighted by atomic mass is 31.2. The maximum absolute atomic E-state index is 13.0. The van der Waals surface area contributed by atoms with Crippen LogP contribution in [0.4, 0.5) is 0 Å². The maximum atomic E-state index is 13.0. The van der Waals surface area contributed by atoms with E-state index in [-0.39, 0.29) is 12.8 Å². The second-order valence-corrected chi connectivity index (χ2v) is 19.0. The summed E-state index contributed by atoms with van der Waals surface area (Å²) in [6.45, 7) is 2.96. The summed E-state index contributed by atoms with van der Waals surface area (Å²) in [5.74, 6) is -1.25. The van der Waals surface area contributed by atoms with E-state index in [4.69, 9.17) is 18.5 Å². The van der Waals surface area contributed by atoms with Crippen molar-refractivity contribution in [2.45, 2.75) is 211 Å². The Morgan fingerprint density at radius 2 is 0.938 bits per heavy atom. The van der Waals surface area contributed by atoms with E-state index in [1.165, 1.54) is 38.5 Å². The second-order valence-electron chi connectivity index (χ2n) is 16.4. The van der Waals surface area contributed by atoms with Gasteiger partial charge in [0.1, 0.15) is 43.2 Å². The van der Waals surface area contributed by atoms with E-state index < -0.39 is 83.5 Å². The maximum Gasteiger partial charge on any atom is 0.472 e. The number of hydrogen-bond acceptors (Lipinski definition) is 13. The van der Waals surface area contributed by atoms with Gasteiger partial charge < -0.3 is 44.6 Å². The van der Waals surface area contributed by atoms with E-state index in [0.717, 1.165) is 89.9 Å². The molecule has 1 aliphatic carbocycles. The summed E-state index contributed by atoms with van der Waals surface area (Å²) in [7, 11) is -10.7. The number of aliphatic hydroxyl groups excluding tert-OH is 4. The Balaban J connectivity index is 2.61. The molecule has 0 aromatic carbocycles. The Hall–Kier alpha value is -2.30. The van der Waals surface area contributed by atoms with Gasteiger partial charge in [0.25, 0.3) is 0 Å². The van der Waals surface area contributed by atoms with Crippen molar-refractivity contribution in [2.75, 3.05) is 13.2 Å². The Bertz CT molecular complexity index is 1490. The number of carbonyl (C=O) groups excluding carboxylic acids is 2. The molecule has 1 aliphatic rings. The van der Waals surface area contributed by atoms with Crippen LogP contribution in [0.25, 0.3) is 0 Å². The Labute approximate surface area is 388 Å². The number of phosphoric acid groups is 2. The summed E-state index contributed by atoms with van der Waals surface area (Å²) in [6, 6.07) is 0. The van der Waals surface area contributed by atoms with Crippen LogP contribution in [0.2, 0.25) is 0 Å². The van der Waals surface area contributed by atoms with Gasteiger partial charge in [-0.1, -0.05) is 139 Å². The van der Waals surface area contributed by atoms with Crippen molar-refractivity contribution >= 4 is 27.6 Å². The zero-order chi connectivity index (χ0) is 48.2. The SMILES string of the molecule is CCC=CCC=CCC=CCC=CCCCCCCC(=O)OCC(COP(=O)(O)OC1C(O)C(O)C(O)C(OP(=O)(O)O)C1O)OC(=O)CCCCCCCC=CCCCCCCCC. The molecule has 18 heteroatoms. The first-order valence-corrected chi connectivity index (χ1v) is 26.9. The lowest BCUT2D eigenvalue weighted by molar-refractivity contribution is -0.216. The standard InChI is InChI=1S/C47H82O16P2/c1-3-5-7-9-11-13-15-17-19-20-22-23-25-27-29-31-33-35-40(48)59-37-39(61-41(49)36-34-32-30-28-26-24-21-18-16-14-12-10-8-6-4-2)38-60-65(57,58)63-47-44(52)42(50)43(51)46(45(47)53)62-64(54,55)56/h5,7,11,13,17-19,21-23,39,42-47,50-53H,3-4,6,8-10,12,14-16,20,24-38H2,1-2H3,(H,57,58)(H2,54,55,56). The van der Waals surface area contributed by atoms with Gasteiger partial charge in [-0.3, -0.25) is 23.2 Å². The largest absolute Gasteiger partial charge is 0.472 e. The highest BCUT2D eigenvalue weighted by Gasteiger charge is 2.54. The van der Waals surface area contributed by atoms with Gasteiger partial charge in [0, 0.05) is 12.8 Å². The molecule has 8 unspecified atom stereocenters. The molecule has 0 saturated heterocycles. The van der Waals surface area contributed by atoms with E-state index in [0.29, 0.717) is 12.8 Å². The number of allylic oxidation sites excluding steroid dienone is 10. The van der Waals surface area contributed by atoms with Crippen LogP contribution in [-0.2, 0) is 41.8 Å². The number of hydrogen-bond donors (Lipinski definition) is 7. The topological polar surface area (TPSA) is 256 Å². The van der Waals surface area contributed by atoms with Crippen LogP contribution >= 0.6 is 15.6 Å². The number of unbranched alkanes of at least 4 members (excludes halogenated alkanes) is 15. The Morgan fingerprint density at radius 3 is 1.45 bits per heavy atom. The molecule has 0 heterocycles. The predicted octanol–water partition coefficient (Wildman–Crippen LogP) is 9.06. The number of phosphoric ester groups is 2. The Morgan fingerprint density at radius 1 is 0.508 bits per heavy atom. The molecule has 376 valence electrons. The van der Waals surface area contributed by atoms with Gasteiger partial charge in [-0.25, -0.2) is 9.13 Å². The van der Waals surface area contributed by atoms with Crippen LogP contribution in [0.3, 0.4) is 0 Å². The van der Waals surface area contributed by atoms with Crippen molar-refractivity contribution in [1.82, 2.24) is 0 Å². The van der Waals surface area contributed by atoms with E-state index in [1.54, 1.807) is 0 Å². The van der Waals surface area contributed by atoms with Crippen LogP contribution in [-0.4, -0.2) is 103 Å². The molecule has 0 aliphatic heterocycles. The molecule has 65 heavy (non-hydrogen) atoms. The van der Waals surface area contributed by atoms with Crippen LogP contribution in [0.15, 0.2) is 60.8 Å². The summed E-state index contributed by atoms with van der Waals surface area (Å²) in [6.07, 6.45) is 28.9. The van der Waals surface area contributed by atoms with Gasteiger partial charge in [-0.15, -0.1) is 0 Å². The quantitative estimate of drug-likeness (QED) is 0.0131. The molecule has 0 aromatic heterocycles. The van der Waals surface area contributed by atoms with Gasteiger partial charge in [0.05, 0.1) is 6.61 Å². The third-order valence-electron chi connectivity index (χ3n) is 10.6. The van der Waals surface area contributed by atoms with Crippen molar-refractivity contribution in [2.24, 2.45) is 0 Å². The molecule has 1 saturated carbocycles. The van der Waals surface area contributed by atoms with Gasteiger partial charge >= 0.3 is 27.6 Å². The fourth-order valence-corrected chi connectivity index (χ4v) is 8.43. The van der Waals surface area contributed by atoms with Gasteiger partial charge in [-0.2, -0.15) is 0 Å². The Kier molecular flexibility index (Phi) is 35.2. The fraction of sp³-hybridized carbons (Fsp3) is 0.745. The highest BCUT2D eigenvalue weighted by Crippen LogP contribution is 2.49. The van der Waals surface area contributed by atoms with Crippen LogP contribution in [0.1, 0.15) is 168 Å². The molecule has 0 bridgehead atoms. The van der Waals surface area contributed by atoms with E-state index in [2.05, 4.69) is 79.1 Å². The lowest BCUT2D eigenvalue weighted by Crippen LogP contribution is -2.64. The molecule has 1 rings (SSSR count). The second kappa shape index (κ2) is 37.7. The molecule has 7 N–H and O–H groups in total. The summed E-state index contributed by atoms with van der Waals surface area (Å²) in [4.78, 5) is 54.3. The van der Waals surface area contributed by atoms with Crippen LogP contribution in [0.5, 0.6) is 0 Å². The van der Waals surface area contributed by atoms with Crippen LogP contribution in [0, 0.1) is 0 Å². The predicted molar refractivity (Wildman–Crippen MR) is 250 cm³/mol. The minimum atomic E-state index is -5.37. The van der Waals surface area contributed by atoms with Crippen molar-refractivity contribution in [3.8, 4) is 0 Å². The minimum Gasteiger partial charge on any atom is -0.462 e. The molecular weight excluding hydrogens is 882 g/mol. The first-order valence-electron chi connectivity index (χ1n) is 23.8. The molecule has 0 aromatic rings. The first-order chi connectivity index (χ1) is 31.1. The number of aliphatic hydroxyl groups is 4. The molecule has 0 amide bonds. The average molecular weight is 965 g/mol. The zero-order valence-corrected chi connectivity index (χ0v) is 40.7. The lowest BCUT2D eigenvalue weighted by Gasteiger charge is -2.43. The van der Waals surface area contributed by atoms with E-state index >= 15 is 0 Å². The highest BCUT2D eigenvalue weighted by molar-refractivity contribution is 7.47. The minimum absolute atomic E-state index is 0.0262. The smallest absolute Gasteiger partial charge is 0.462 e. The van der Waals surface area contributed by atoms with Gasteiger partial charge in [-0.05, 0) is 77.0 Å². The number of rotatable bonds is 39. The molecule has 16 nitrogen and oxygen atoms in total. The molecule has 0 spiro atoms. The van der Waals surface area contributed by atoms with Crippen LogP contribution < -0.4 is 0 Å². The third kappa shape index (κ3) is 32.2. The van der Waals surface area contributed by atoms with Gasteiger partial charge in [0.2, 0.25) is 0 Å². The molecule has 0 radical (unpaired) electrons. The number of carbonyl (C=O) groups is 2. The molecule has 1 fully saturated rings. The van der Waals surface area contributed by atoms with Gasteiger partial charge in [0.15, 0.2) is 6.10 Å². The summed E-state index contributed by atoms with van der Waals surface area (Å²) >= 11 is 0. The molecule has 8 atom stereocenters. The average Bonchev–Trinajstić information content (AvgIpc) is 3.26. The van der Waals surface area contributed by atoms with Crippen molar-refractivity contribution in [3.05, 3.63) is 60.8 Å². The number of ether oxygens (including phenoxy) is 2. The van der Waals surface area contributed by atoms with E-state index in [9.17, 15) is 53.8 Å². The summed E-state index contributed by atoms with van der Waals surface area (Å²) in [5.41, 5.74) is 0. The monoisotopic (exact) mass is 965 g/mol. The number of esters is 2. The van der Waals surface area contributed by atoms with Crippen molar-refractivity contribution < 1.29 is 76.9 Å². The summed E-state index contributed by atoms with van der Waals surface area (Å²) < 4.78 is 49.4. The lowest BCUT2D eigenvalue weighted by atomic mass is 9.85. The van der Waals surface area contributed by atoms with Crippen molar-refractivity contribution in [1.29, 1.82) is 0 Å². The normalized spacial score (nSPS) is 22.2.